The zero-order chi connectivity index (χ0) is 15.5. The number of oxime groups is 1. The van der Waals surface area contributed by atoms with Crippen molar-refractivity contribution in [2.45, 2.75) is 0 Å². The number of pyridine rings is 1. The van der Waals surface area contributed by atoms with Crippen molar-refractivity contribution in [1.82, 2.24) is 4.98 Å². The van der Waals surface area contributed by atoms with Crippen molar-refractivity contribution in [2.75, 3.05) is 7.11 Å². The zero-order valence-electron chi connectivity index (χ0n) is 11.8. The summed E-state index contributed by atoms with van der Waals surface area (Å²) in [5.74, 6) is 0. The maximum atomic E-state index is 6.30. The Bertz CT molecular complexity index is 862. The number of hydrogen-bond donors (Lipinski definition) is 0. The maximum Gasteiger partial charge on any atom is 0.120 e. The Morgan fingerprint density at radius 1 is 1.09 bits per heavy atom. The van der Waals surface area contributed by atoms with Crippen LogP contribution in [-0.4, -0.2) is 17.8 Å². The number of nitrogens with zero attached hydrogens (tertiary/aromatic N) is 2. The molecule has 3 nitrogen and oxygen atoms in total. The van der Waals surface area contributed by atoms with Gasteiger partial charge in [-0.25, -0.2) is 0 Å². The second kappa shape index (κ2) is 6.34. The second-order valence-electron chi connectivity index (χ2n) is 4.64. The molecule has 0 N–H and O–H groups in total. The third-order valence-corrected chi connectivity index (χ3v) is 4.07. The fraction of sp³-hybridized carbons (Fsp3) is 0.0588. The van der Waals surface area contributed by atoms with E-state index in [2.05, 4.69) is 10.1 Å². The van der Waals surface area contributed by atoms with Gasteiger partial charge in [0.15, 0.2) is 0 Å². The van der Waals surface area contributed by atoms with Crippen LogP contribution in [-0.2, 0) is 4.84 Å². The van der Waals surface area contributed by atoms with Crippen molar-refractivity contribution in [3.8, 4) is 0 Å². The van der Waals surface area contributed by atoms with Gasteiger partial charge >= 0.3 is 0 Å². The average molecular weight is 331 g/mol. The average Bonchev–Trinajstić information content (AvgIpc) is 2.55. The first-order chi connectivity index (χ1) is 10.7. The van der Waals surface area contributed by atoms with Crippen LogP contribution in [0.25, 0.3) is 10.9 Å². The molecular weight excluding hydrogens is 319 g/mol. The Hall–Kier alpha value is -2.10. The minimum absolute atomic E-state index is 0.438. The van der Waals surface area contributed by atoms with Crippen molar-refractivity contribution in [3.05, 3.63) is 75.9 Å². The van der Waals surface area contributed by atoms with Gasteiger partial charge in [-0.1, -0.05) is 58.7 Å². The molecule has 0 aliphatic carbocycles. The molecule has 2 aromatic carbocycles. The lowest BCUT2D eigenvalue weighted by Gasteiger charge is -2.10. The van der Waals surface area contributed by atoms with Crippen molar-refractivity contribution in [2.24, 2.45) is 5.16 Å². The molecule has 1 aromatic heterocycles. The van der Waals surface area contributed by atoms with E-state index in [9.17, 15) is 0 Å². The second-order valence-corrected chi connectivity index (χ2v) is 5.43. The Morgan fingerprint density at radius 3 is 2.73 bits per heavy atom. The first-order valence-corrected chi connectivity index (χ1v) is 7.37. The van der Waals surface area contributed by atoms with Gasteiger partial charge in [0, 0.05) is 22.7 Å². The molecule has 5 heteroatoms. The summed E-state index contributed by atoms with van der Waals surface area (Å²) in [5.41, 5.74) is 3.02. The molecule has 0 spiro atoms. The van der Waals surface area contributed by atoms with Crippen LogP contribution in [0.2, 0.25) is 10.0 Å². The van der Waals surface area contributed by atoms with Crippen LogP contribution >= 0.6 is 23.2 Å². The fourth-order valence-electron chi connectivity index (χ4n) is 2.24. The highest BCUT2D eigenvalue weighted by Crippen LogP contribution is 2.28. The summed E-state index contributed by atoms with van der Waals surface area (Å²) in [7, 11) is 1.49. The first-order valence-electron chi connectivity index (χ1n) is 6.61. The number of benzene rings is 2. The van der Waals surface area contributed by atoms with E-state index in [0.717, 1.165) is 16.5 Å². The van der Waals surface area contributed by atoms with Crippen LogP contribution < -0.4 is 0 Å². The number of fused-ring (bicyclic) bond motifs is 1. The predicted octanol–water partition coefficient (Wildman–Crippen LogP) is 4.94. The third kappa shape index (κ3) is 2.78. The monoisotopic (exact) mass is 330 g/mol. The molecule has 22 heavy (non-hydrogen) atoms. The van der Waals surface area contributed by atoms with Crippen LogP contribution in [0.15, 0.2) is 59.9 Å². The summed E-state index contributed by atoms with van der Waals surface area (Å²) in [4.78, 5) is 9.43. The largest absolute Gasteiger partial charge is 0.399 e. The summed E-state index contributed by atoms with van der Waals surface area (Å²) in [6, 6.07) is 15.3. The summed E-state index contributed by atoms with van der Waals surface area (Å²) in [6.07, 6.45) is 1.75. The minimum Gasteiger partial charge on any atom is -0.399 e. The minimum atomic E-state index is 0.438. The molecule has 0 radical (unpaired) electrons. The van der Waals surface area contributed by atoms with E-state index in [4.69, 9.17) is 28.0 Å². The van der Waals surface area contributed by atoms with Crippen LogP contribution in [0.5, 0.6) is 0 Å². The number of aromatic nitrogens is 1. The molecule has 0 saturated carbocycles. The van der Waals surface area contributed by atoms with Gasteiger partial charge in [0.1, 0.15) is 12.8 Å². The van der Waals surface area contributed by atoms with Gasteiger partial charge in [0.05, 0.1) is 15.6 Å². The van der Waals surface area contributed by atoms with Gasteiger partial charge < -0.3 is 4.84 Å². The number of hydrogen-bond acceptors (Lipinski definition) is 3. The molecule has 3 aromatic rings. The fourth-order valence-corrected chi connectivity index (χ4v) is 2.63. The molecule has 1 heterocycles. The van der Waals surface area contributed by atoms with Gasteiger partial charge in [0.25, 0.3) is 0 Å². The smallest absolute Gasteiger partial charge is 0.120 e. The molecule has 110 valence electrons. The van der Waals surface area contributed by atoms with Crippen molar-refractivity contribution in [1.29, 1.82) is 0 Å². The van der Waals surface area contributed by atoms with E-state index in [0.29, 0.717) is 21.3 Å². The normalized spacial score (nSPS) is 11.7. The first kappa shape index (κ1) is 14.8. The van der Waals surface area contributed by atoms with Crippen LogP contribution in [0.1, 0.15) is 11.1 Å². The van der Waals surface area contributed by atoms with E-state index in [1.54, 1.807) is 12.3 Å². The van der Waals surface area contributed by atoms with Crippen LogP contribution in [0.4, 0.5) is 0 Å². The lowest BCUT2D eigenvalue weighted by molar-refractivity contribution is 0.214. The topological polar surface area (TPSA) is 34.5 Å². The summed E-state index contributed by atoms with van der Waals surface area (Å²) in [6.45, 7) is 0. The highest BCUT2D eigenvalue weighted by Gasteiger charge is 2.15. The van der Waals surface area contributed by atoms with E-state index >= 15 is 0 Å². The lowest BCUT2D eigenvalue weighted by Crippen LogP contribution is -2.06. The number of halogens is 2. The van der Waals surface area contributed by atoms with Gasteiger partial charge in [-0.3, -0.25) is 4.98 Å². The van der Waals surface area contributed by atoms with Gasteiger partial charge in [0.2, 0.25) is 0 Å². The lowest BCUT2D eigenvalue weighted by atomic mass is 10.0. The Labute approximate surface area is 138 Å². The molecular formula is C17H12Cl2N2O. The van der Waals surface area contributed by atoms with Gasteiger partial charge in [-0.15, -0.1) is 0 Å². The van der Waals surface area contributed by atoms with Gasteiger partial charge in [-0.2, -0.15) is 0 Å². The third-order valence-electron chi connectivity index (χ3n) is 3.25. The van der Waals surface area contributed by atoms with E-state index < -0.39 is 0 Å². The number of rotatable bonds is 3. The SMILES string of the molecule is CON=C(c1cnc2ccccc2c1)c1cccc(Cl)c1Cl. The highest BCUT2D eigenvalue weighted by molar-refractivity contribution is 6.44. The standard InChI is InChI=1S/C17H12Cl2N2O/c1-22-21-17(13-6-4-7-14(18)16(13)19)12-9-11-5-2-3-8-15(11)20-10-12/h2-10H,1H3. The Kier molecular flexibility index (Phi) is 4.27. The molecule has 0 bridgehead atoms. The molecule has 3 rings (SSSR count). The molecule has 0 atom stereocenters. The molecule has 0 unspecified atom stereocenters. The van der Waals surface area contributed by atoms with Crippen molar-refractivity contribution in [3.63, 3.8) is 0 Å². The Morgan fingerprint density at radius 2 is 1.91 bits per heavy atom. The van der Waals surface area contributed by atoms with E-state index in [1.165, 1.54) is 7.11 Å². The number of para-hydroxylation sites is 1. The van der Waals surface area contributed by atoms with Crippen LogP contribution in [0, 0.1) is 0 Å². The summed E-state index contributed by atoms with van der Waals surface area (Å²) in [5, 5.41) is 6.03. The molecule has 0 fully saturated rings. The maximum absolute atomic E-state index is 6.30. The molecule has 0 aliphatic rings. The van der Waals surface area contributed by atoms with E-state index in [-0.39, 0.29) is 0 Å². The summed E-state index contributed by atoms with van der Waals surface area (Å²) < 4.78 is 0. The van der Waals surface area contributed by atoms with Crippen LogP contribution in [0.3, 0.4) is 0 Å². The Balaban J connectivity index is 2.18. The van der Waals surface area contributed by atoms with Crippen molar-refractivity contribution < 1.29 is 4.84 Å². The summed E-state index contributed by atoms with van der Waals surface area (Å²) >= 11 is 12.4. The van der Waals surface area contributed by atoms with E-state index in [1.807, 2.05) is 42.5 Å². The molecule has 0 saturated heterocycles. The molecule has 0 amide bonds. The predicted molar refractivity (Wildman–Crippen MR) is 90.9 cm³/mol. The molecule has 0 aliphatic heterocycles. The quantitative estimate of drug-likeness (QED) is 0.503. The van der Waals surface area contributed by atoms with Gasteiger partial charge in [-0.05, 0) is 18.2 Å². The highest BCUT2D eigenvalue weighted by atomic mass is 35.5. The zero-order valence-corrected chi connectivity index (χ0v) is 13.3. The van der Waals surface area contributed by atoms with Crippen molar-refractivity contribution >= 4 is 39.8 Å².